The molecule has 4 heteroatoms. The topological polar surface area (TPSA) is 20.3 Å². The molecule has 0 saturated carbocycles. The van der Waals surface area contributed by atoms with Crippen molar-refractivity contribution in [3.8, 4) is 0 Å². The minimum Gasteiger partial charge on any atom is -0.348 e. The van der Waals surface area contributed by atoms with Crippen LogP contribution in [0, 0.1) is 0 Å². The fourth-order valence-electron chi connectivity index (χ4n) is 1.59. The van der Waals surface area contributed by atoms with Gasteiger partial charge in [0.1, 0.15) is 5.25 Å². The van der Waals surface area contributed by atoms with Crippen LogP contribution in [-0.4, -0.2) is 30.7 Å². The molecule has 2 rings (SSSR count). The van der Waals surface area contributed by atoms with E-state index in [9.17, 15) is 4.79 Å². The Morgan fingerprint density at radius 2 is 2.36 bits per heavy atom. The molecule has 1 aromatic rings. The van der Waals surface area contributed by atoms with Crippen molar-refractivity contribution >= 4 is 29.0 Å². The van der Waals surface area contributed by atoms with Gasteiger partial charge < -0.3 is 4.90 Å². The number of carbonyl (C=O) groups is 1. The summed E-state index contributed by atoms with van der Waals surface area (Å²) >= 11 is 3.54. The van der Waals surface area contributed by atoms with E-state index in [2.05, 4.69) is 11.4 Å². The van der Waals surface area contributed by atoms with Crippen molar-refractivity contribution in [2.24, 2.45) is 0 Å². The highest BCUT2D eigenvalue weighted by Crippen LogP contribution is 2.39. The van der Waals surface area contributed by atoms with Gasteiger partial charge in [0.25, 0.3) is 0 Å². The van der Waals surface area contributed by atoms with Gasteiger partial charge in [-0.25, -0.2) is 0 Å². The summed E-state index contributed by atoms with van der Waals surface area (Å²) in [4.78, 5) is 14.9. The average molecular weight is 227 g/mol. The minimum atomic E-state index is 0.0417. The van der Waals surface area contributed by atoms with E-state index in [0.717, 1.165) is 12.2 Å². The summed E-state index contributed by atoms with van der Waals surface area (Å²) < 4.78 is 0. The zero-order chi connectivity index (χ0) is 10.1. The van der Waals surface area contributed by atoms with Crippen LogP contribution in [-0.2, 0) is 11.2 Å². The van der Waals surface area contributed by atoms with Gasteiger partial charge in [-0.3, -0.25) is 4.79 Å². The fraction of sp³-hybridized carbons (Fsp3) is 0.500. The number of hydrogen-bond acceptors (Lipinski definition) is 3. The van der Waals surface area contributed by atoms with Crippen LogP contribution >= 0.6 is 23.1 Å². The lowest BCUT2D eigenvalue weighted by atomic mass is 10.1. The van der Waals surface area contributed by atoms with Gasteiger partial charge >= 0.3 is 0 Å². The second-order valence-corrected chi connectivity index (χ2v) is 5.75. The third kappa shape index (κ3) is 1.68. The standard InChI is InChI=1S/C10H13NOS2/c1-11(2)10(12)9-7-3-5-13-8(7)4-6-14-9/h3,5,9H,4,6H2,1-2H3. The molecule has 0 spiro atoms. The smallest absolute Gasteiger partial charge is 0.239 e. The Hall–Kier alpha value is -0.480. The summed E-state index contributed by atoms with van der Waals surface area (Å²) in [5.41, 5.74) is 1.24. The lowest BCUT2D eigenvalue weighted by Crippen LogP contribution is -2.28. The van der Waals surface area contributed by atoms with Crippen molar-refractivity contribution in [2.45, 2.75) is 11.7 Å². The summed E-state index contributed by atoms with van der Waals surface area (Å²) in [5, 5.41) is 2.13. The van der Waals surface area contributed by atoms with E-state index in [4.69, 9.17) is 0 Å². The van der Waals surface area contributed by atoms with Crippen LogP contribution in [0.15, 0.2) is 11.4 Å². The maximum atomic E-state index is 11.9. The molecule has 1 atom stereocenters. The number of fused-ring (bicyclic) bond motifs is 1. The molecule has 0 aromatic carbocycles. The number of thioether (sulfide) groups is 1. The molecule has 1 aliphatic rings. The third-order valence-electron chi connectivity index (χ3n) is 2.34. The van der Waals surface area contributed by atoms with E-state index < -0.39 is 0 Å². The first-order valence-electron chi connectivity index (χ1n) is 4.59. The normalized spacial score (nSPS) is 20.3. The molecule has 2 heterocycles. The molecule has 0 bridgehead atoms. The molecule has 1 amide bonds. The van der Waals surface area contributed by atoms with Gasteiger partial charge in [0, 0.05) is 19.0 Å². The molecule has 76 valence electrons. The molecular weight excluding hydrogens is 214 g/mol. The molecule has 1 aliphatic heterocycles. The van der Waals surface area contributed by atoms with Crippen LogP contribution in [0.25, 0.3) is 0 Å². The molecule has 1 aromatic heterocycles. The first-order chi connectivity index (χ1) is 6.70. The molecular formula is C10H13NOS2. The van der Waals surface area contributed by atoms with Crippen molar-refractivity contribution in [3.63, 3.8) is 0 Å². The highest BCUT2D eigenvalue weighted by atomic mass is 32.2. The van der Waals surface area contributed by atoms with E-state index in [1.54, 1.807) is 28.0 Å². The van der Waals surface area contributed by atoms with Crippen molar-refractivity contribution < 1.29 is 4.79 Å². The highest BCUT2D eigenvalue weighted by Gasteiger charge is 2.28. The minimum absolute atomic E-state index is 0.0417. The Labute approximate surface area is 92.3 Å². The van der Waals surface area contributed by atoms with Gasteiger partial charge in [0.15, 0.2) is 0 Å². The van der Waals surface area contributed by atoms with E-state index in [1.165, 1.54) is 10.4 Å². The first kappa shape index (κ1) is 10.1. The number of amides is 1. The highest BCUT2D eigenvalue weighted by molar-refractivity contribution is 8.00. The number of hydrogen-bond donors (Lipinski definition) is 0. The van der Waals surface area contributed by atoms with Crippen LogP contribution in [0.1, 0.15) is 15.7 Å². The van der Waals surface area contributed by atoms with Crippen molar-refractivity contribution in [3.05, 3.63) is 21.9 Å². The maximum absolute atomic E-state index is 11.9. The molecule has 0 fully saturated rings. The Bertz CT molecular complexity index is 346. The van der Waals surface area contributed by atoms with E-state index in [0.29, 0.717) is 0 Å². The van der Waals surface area contributed by atoms with Crippen molar-refractivity contribution in [1.29, 1.82) is 0 Å². The second kappa shape index (κ2) is 3.95. The monoisotopic (exact) mass is 227 g/mol. The lowest BCUT2D eigenvalue weighted by Gasteiger charge is -2.24. The number of nitrogens with zero attached hydrogens (tertiary/aromatic N) is 1. The summed E-state index contributed by atoms with van der Waals surface area (Å²) in [6.45, 7) is 0. The number of rotatable bonds is 1. The summed E-state index contributed by atoms with van der Waals surface area (Å²) in [5.74, 6) is 1.28. The first-order valence-corrected chi connectivity index (χ1v) is 6.52. The Balaban J connectivity index is 2.28. The third-order valence-corrected chi connectivity index (χ3v) is 4.57. The van der Waals surface area contributed by atoms with E-state index >= 15 is 0 Å². The predicted octanol–water partition coefficient (Wildman–Crippen LogP) is 2.17. The number of aryl methyl sites for hydroxylation is 1. The summed E-state index contributed by atoms with van der Waals surface area (Å²) in [7, 11) is 3.65. The molecule has 2 nitrogen and oxygen atoms in total. The Kier molecular flexibility index (Phi) is 2.83. The second-order valence-electron chi connectivity index (χ2n) is 3.53. The van der Waals surface area contributed by atoms with Gasteiger partial charge in [-0.1, -0.05) is 0 Å². The van der Waals surface area contributed by atoms with Crippen LogP contribution in [0.2, 0.25) is 0 Å². The fourth-order valence-corrected chi connectivity index (χ4v) is 4.02. The number of likely N-dealkylation sites (N-methyl/N-ethyl adjacent to an activating group) is 1. The van der Waals surface area contributed by atoms with Gasteiger partial charge in [0.05, 0.1) is 0 Å². The zero-order valence-corrected chi connectivity index (χ0v) is 9.95. The largest absolute Gasteiger partial charge is 0.348 e. The molecule has 1 unspecified atom stereocenters. The summed E-state index contributed by atoms with van der Waals surface area (Å²) in [6.07, 6.45) is 1.12. The Morgan fingerprint density at radius 3 is 3.07 bits per heavy atom. The molecule has 0 radical (unpaired) electrons. The van der Waals surface area contributed by atoms with E-state index in [-0.39, 0.29) is 11.2 Å². The molecule has 0 N–H and O–H groups in total. The summed E-state index contributed by atoms with van der Waals surface area (Å²) in [6, 6.07) is 2.10. The molecule has 14 heavy (non-hydrogen) atoms. The predicted molar refractivity (Wildman–Crippen MR) is 61.9 cm³/mol. The van der Waals surface area contributed by atoms with E-state index in [1.807, 2.05) is 14.1 Å². The van der Waals surface area contributed by atoms with Crippen molar-refractivity contribution in [1.82, 2.24) is 4.90 Å². The average Bonchev–Trinajstić information content (AvgIpc) is 2.63. The van der Waals surface area contributed by atoms with Crippen molar-refractivity contribution in [2.75, 3.05) is 19.8 Å². The van der Waals surface area contributed by atoms with Crippen LogP contribution in [0.3, 0.4) is 0 Å². The zero-order valence-electron chi connectivity index (χ0n) is 8.32. The van der Waals surface area contributed by atoms with Crippen LogP contribution < -0.4 is 0 Å². The van der Waals surface area contributed by atoms with Gasteiger partial charge in [-0.15, -0.1) is 23.1 Å². The number of carbonyl (C=O) groups excluding carboxylic acids is 1. The van der Waals surface area contributed by atoms with Gasteiger partial charge in [0.2, 0.25) is 5.91 Å². The Morgan fingerprint density at radius 1 is 1.57 bits per heavy atom. The number of thiophene rings is 1. The van der Waals surface area contributed by atoms with Gasteiger partial charge in [-0.2, -0.15) is 0 Å². The molecule has 0 aliphatic carbocycles. The quantitative estimate of drug-likeness (QED) is 0.733. The molecule has 0 saturated heterocycles. The SMILES string of the molecule is CN(C)C(=O)C1SCCc2sccc21. The van der Waals surface area contributed by atoms with Crippen LogP contribution in [0.4, 0.5) is 0 Å². The van der Waals surface area contributed by atoms with Crippen LogP contribution in [0.5, 0.6) is 0 Å². The lowest BCUT2D eigenvalue weighted by molar-refractivity contribution is -0.128. The van der Waals surface area contributed by atoms with Gasteiger partial charge in [-0.05, 0) is 29.2 Å². The maximum Gasteiger partial charge on any atom is 0.239 e.